The van der Waals surface area contributed by atoms with E-state index in [2.05, 4.69) is 59.4 Å². The second-order valence-corrected chi connectivity index (χ2v) is 16.3. The van der Waals surface area contributed by atoms with E-state index in [1.165, 1.54) is 12.1 Å². The van der Waals surface area contributed by atoms with Gasteiger partial charge in [-0.3, -0.25) is 4.79 Å². The summed E-state index contributed by atoms with van der Waals surface area (Å²) < 4.78 is 36.5. The zero-order valence-electron chi connectivity index (χ0n) is 29.4. The van der Waals surface area contributed by atoms with Crippen LogP contribution in [0.5, 0.6) is 5.88 Å². The number of nitrogens with one attached hydrogen (secondary N) is 1. The van der Waals surface area contributed by atoms with Gasteiger partial charge in [0.15, 0.2) is 0 Å². The predicted molar refractivity (Wildman–Crippen MR) is 192 cm³/mol. The van der Waals surface area contributed by atoms with E-state index < -0.39 is 16.1 Å². The van der Waals surface area contributed by atoms with Crippen molar-refractivity contribution in [2.24, 2.45) is 5.41 Å². The molecule has 1 saturated heterocycles. The average molecular weight is 683 g/mol. The Morgan fingerprint density at radius 3 is 2.37 bits per heavy atom. The van der Waals surface area contributed by atoms with E-state index in [1.807, 2.05) is 39.0 Å². The van der Waals surface area contributed by atoms with Crippen LogP contribution in [-0.2, 0) is 16.6 Å². The Hall–Kier alpha value is -4.51. The smallest absolute Gasteiger partial charge is 0.264 e. The van der Waals surface area contributed by atoms with Crippen molar-refractivity contribution >= 4 is 27.7 Å². The highest BCUT2D eigenvalue weighted by molar-refractivity contribution is 7.92. The molecule has 2 atom stereocenters. The van der Waals surface area contributed by atoms with Crippen molar-refractivity contribution in [3.8, 4) is 17.1 Å². The predicted octanol–water partition coefficient (Wildman–Crippen LogP) is 7.09. The highest BCUT2D eigenvalue weighted by atomic mass is 32.2. The monoisotopic (exact) mass is 682 g/mol. The molecular weight excluding hydrogens is 637 g/mol. The second-order valence-electron chi connectivity index (χ2n) is 14.6. The summed E-state index contributed by atoms with van der Waals surface area (Å²) in [6.07, 6.45) is 2.84. The van der Waals surface area contributed by atoms with Crippen LogP contribution in [0.4, 0.5) is 11.8 Å². The zero-order chi connectivity index (χ0) is 35.1. The van der Waals surface area contributed by atoms with Crippen molar-refractivity contribution in [1.82, 2.24) is 19.9 Å². The topological polar surface area (TPSA) is 118 Å². The van der Waals surface area contributed by atoms with Gasteiger partial charge < -0.3 is 14.5 Å². The second kappa shape index (κ2) is 13.4. The number of anilines is 2. The molecule has 1 amide bonds. The standard InChI is InChI=1S/C38H46N6O4S/c1-24-16-17-33(43-18-10-13-27(43)4)39-32(24)22-44-29(21-38(5,6)7)23-48-34-20-31(35-25(2)11-8-12-26(35)3)40-37(41-34)42-49(46,47)30-15-9-14-28(19-30)36(44)45/h8-9,11-12,14-17,19-20,27,29H,10,13,18,21-23H2,1-7H3,(H,40,41,42)/t27?,29-/m1/s1. The molecule has 1 unspecified atom stereocenters. The summed E-state index contributed by atoms with van der Waals surface area (Å²) in [5.41, 5.74) is 5.23. The molecule has 4 bridgehead atoms. The fourth-order valence-corrected chi connectivity index (χ4v) is 7.85. The molecule has 1 fully saturated rings. The first-order valence-electron chi connectivity index (χ1n) is 16.9. The first-order chi connectivity index (χ1) is 23.2. The highest BCUT2D eigenvalue weighted by Crippen LogP contribution is 2.32. The largest absolute Gasteiger partial charge is 0.475 e. The van der Waals surface area contributed by atoms with E-state index in [9.17, 15) is 13.2 Å². The average Bonchev–Trinajstić information content (AvgIpc) is 3.47. The lowest BCUT2D eigenvalue weighted by atomic mass is 9.87. The Balaban J connectivity index is 1.49. The molecule has 4 aromatic rings. The third kappa shape index (κ3) is 7.56. The molecule has 2 aliphatic heterocycles. The number of nitrogens with zero attached hydrogens (tertiary/aromatic N) is 5. The molecular formula is C38H46N6O4S. The lowest BCUT2D eigenvalue weighted by molar-refractivity contribution is 0.0509. The molecule has 4 heterocycles. The molecule has 2 aromatic heterocycles. The van der Waals surface area contributed by atoms with Gasteiger partial charge in [-0.05, 0) is 93.3 Å². The summed E-state index contributed by atoms with van der Waals surface area (Å²) in [7, 11) is -4.17. The summed E-state index contributed by atoms with van der Waals surface area (Å²) in [5, 5.41) is 0. The number of pyridine rings is 1. The lowest BCUT2D eigenvalue weighted by Gasteiger charge is -2.36. The van der Waals surface area contributed by atoms with Crippen LogP contribution < -0.4 is 14.4 Å². The number of hydrogen-bond donors (Lipinski definition) is 1. The lowest BCUT2D eigenvalue weighted by Crippen LogP contribution is -2.45. The number of fused-ring (bicyclic) bond motifs is 4. The third-order valence-corrected chi connectivity index (χ3v) is 10.7. The number of benzene rings is 2. The molecule has 258 valence electrons. The quantitative estimate of drug-likeness (QED) is 0.237. The third-order valence-electron chi connectivity index (χ3n) is 9.38. The van der Waals surface area contributed by atoms with E-state index in [4.69, 9.17) is 9.72 Å². The van der Waals surface area contributed by atoms with Gasteiger partial charge >= 0.3 is 0 Å². The van der Waals surface area contributed by atoms with Crippen molar-refractivity contribution < 1.29 is 17.9 Å². The van der Waals surface area contributed by atoms with Crippen LogP contribution in [0.2, 0.25) is 0 Å². The minimum absolute atomic E-state index is 0.0622. The molecule has 6 rings (SSSR count). The minimum Gasteiger partial charge on any atom is -0.475 e. The number of aryl methyl sites for hydroxylation is 3. The summed E-state index contributed by atoms with van der Waals surface area (Å²) in [6, 6.07) is 17.9. The Labute approximate surface area is 290 Å². The van der Waals surface area contributed by atoms with Gasteiger partial charge in [-0.15, -0.1) is 0 Å². The Morgan fingerprint density at radius 2 is 1.67 bits per heavy atom. The van der Waals surface area contributed by atoms with Crippen LogP contribution in [-0.4, -0.2) is 59.4 Å². The van der Waals surface area contributed by atoms with Gasteiger partial charge in [0.2, 0.25) is 11.8 Å². The van der Waals surface area contributed by atoms with E-state index in [0.29, 0.717) is 18.2 Å². The molecule has 2 aliphatic rings. The van der Waals surface area contributed by atoms with Crippen LogP contribution in [0.1, 0.15) is 79.7 Å². The van der Waals surface area contributed by atoms with Crippen molar-refractivity contribution in [3.05, 3.63) is 88.6 Å². The van der Waals surface area contributed by atoms with Crippen LogP contribution >= 0.6 is 0 Å². The Morgan fingerprint density at radius 1 is 0.939 bits per heavy atom. The van der Waals surface area contributed by atoms with Crippen LogP contribution in [0.3, 0.4) is 0 Å². The normalized spacial score (nSPS) is 19.4. The first-order valence-corrected chi connectivity index (χ1v) is 18.4. The van der Waals surface area contributed by atoms with Crippen molar-refractivity contribution in [3.63, 3.8) is 0 Å². The Bertz CT molecular complexity index is 1970. The number of aromatic nitrogens is 3. The molecule has 0 radical (unpaired) electrons. The number of ether oxygens (including phenoxy) is 1. The van der Waals surface area contributed by atoms with Crippen molar-refractivity contribution in [1.29, 1.82) is 0 Å². The molecule has 1 N–H and O–H groups in total. The van der Waals surface area contributed by atoms with E-state index in [0.717, 1.165) is 53.2 Å². The highest BCUT2D eigenvalue weighted by Gasteiger charge is 2.32. The molecule has 2 aromatic carbocycles. The molecule has 10 nitrogen and oxygen atoms in total. The molecule has 0 spiro atoms. The maximum atomic E-state index is 14.6. The summed E-state index contributed by atoms with van der Waals surface area (Å²) >= 11 is 0. The van der Waals surface area contributed by atoms with Gasteiger partial charge in [0, 0.05) is 29.8 Å². The number of rotatable bonds is 5. The van der Waals surface area contributed by atoms with Crippen LogP contribution in [0.15, 0.2) is 65.6 Å². The van der Waals surface area contributed by atoms with Crippen LogP contribution in [0.25, 0.3) is 11.3 Å². The van der Waals surface area contributed by atoms with Crippen molar-refractivity contribution in [2.75, 3.05) is 22.8 Å². The zero-order valence-corrected chi connectivity index (χ0v) is 30.3. The number of sulfonamides is 1. The maximum Gasteiger partial charge on any atom is 0.264 e. The maximum absolute atomic E-state index is 14.6. The minimum atomic E-state index is -4.17. The SMILES string of the molecule is Cc1ccc(N2CCCC2C)nc1CN1C(=O)c2cccc(c2)S(=O)(=O)Nc2nc(cc(-c3c(C)cccc3C)n2)OC[C@H]1CC(C)(C)C. The van der Waals surface area contributed by atoms with Crippen molar-refractivity contribution in [2.45, 2.75) is 91.3 Å². The number of carbonyl (C=O) groups is 1. The van der Waals surface area contributed by atoms with E-state index in [1.54, 1.807) is 23.1 Å². The van der Waals surface area contributed by atoms with E-state index >= 15 is 0 Å². The molecule has 0 aliphatic carbocycles. The van der Waals surface area contributed by atoms with Crippen LogP contribution in [0, 0.1) is 26.2 Å². The molecule has 0 saturated carbocycles. The van der Waals surface area contributed by atoms with Gasteiger partial charge in [0.1, 0.15) is 12.4 Å². The van der Waals surface area contributed by atoms with Gasteiger partial charge in [-0.25, -0.2) is 23.1 Å². The summed E-state index contributed by atoms with van der Waals surface area (Å²) in [6.45, 7) is 15.9. The molecule has 11 heteroatoms. The van der Waals surface area contributed by atoms with E-state index in [-0.39, 0.29) is 46.8 Å². The Kier molecular flexibility index (Phi) is 9.41. The van der Waals surface area contributed by atoms with Gasteiger partial charge in [0.25, 0.3) is 15.9 Å². The number of amides is 1. The fourth-order valence-electron chi connectivity index (χ4n) is 6.86. The van der Waals surface area contributed by atoms with Gasteiger partial charge in [0.05, 0.1) is 28.9 Å². The fraction of sp³-hybridized carbons (Fsp3) is 0.421. The van der Waals surface area contributed by atoms with Gasteiger partial charge in [-0.1, -0.05) is 51.1 Å². The molecule has 49 heavy (non-hydrogen) atoms. The first kappa shape index (κ1) is 34.4. The summed E-state index contributed by atoms with van der Waals surface area (Å²) in [4.78, 5) is 32.9. The number of carbonyl (C=O) groups excluding carboxylic acids is 1. The number of hydrogen-bond acceptors (Lipinski definition) is 8. The summed E-state index contributed by atoms with van der Waals surface area (Å²) in [5.74, 6) is 0.702. The van der Waals surface area contributed by atoms with Gasteiger partial charge in [-0.2, -0.15) is 4.98 Å².